The number of halogens is 1. The Labute approximate surface area is 153 Å². The summed E-state index contributed by atoms with van der Waals surface area (Å²) in [6.45, 7) is 3.06. The van der Waals surface area contributed by atoms with E-state index in [1.54, 1.807) is 7.11 Å². The van der Waals surface area contributed by atoms with Crippen LogP contribution in [0.3, 0.4) is 0 Å². The number of anilines is 1. The highest BCUT2D eigenvalue weighted by atomic mass is 79.9. The number of tetrazole rings is 1. The van der Waals surface area contributed by atoms with Crippen molar-refractivity contribution in [2.24, 2.45) is 0 Å². The van der Waals surface area contributed by atoms with Crippen molar-refractivity contribution in [1.29, 1.82) is 0 Å². The van der Waals surface area contributed by atoms with Crippen LogP contribution in [0.5, 0.6) is 11.5 Å². The Morgan fingerprint density at radius 1 is 1.20 bits per heavy atom. The zero-order valence-corrected chi connectivity index (χ0v) is 15.5. The zero-order chi connectivity index (χ0) is 17.6. The maximum Gasteiger partial charge on any atom is 0.263 e. The van der Waals surface area contributed by atoms with Crippen molar-refractivity contribution < 1.29 is 9.47 Å². The number of nitrogens with zero attached hydrogens (tertiary/aromatic N) is 3. The molecular formula is C17H18BrN5O2. The van der Waals surface area contributed by atoms with Crippen molar-refractivity contribution in [3.63, 3.8) is 0 Å². The van der Waals surface area contributed by atoms with E-state index in [1.165, 1.54) is 5.56 Å². The quantitative estimate of drug-likeness (QED) is 0.628. The molecule has 0 fully saturated rings. The molecule has 2 N–H and O–H groups in total. The number of aryl methyl sites for hydroxylation is 1. The second-order valence-electron chi connectivity index (χ2n) is 5.46. The fourth-order valence-corrected chi connectivity index (χ4v) is 2.82. The molecule has 0 spiro atoms. The summed E-state index contributed by atoms with van der Waals surface area (Å²) in [6, 6.07) is 12.0. The number of hydrogen-bond donors (Lipinski definition) is 2. The normalized spacial score (nSPS) is 10.5. The van der Waals surface area contributed by atoms with Gasteiger partial charge in [-0.25, -0.2) is 0 Å². The molecule has 0 radical (unpaired) electrons. The molecule has 0 bridgehead atoms. The van der Waals surface area contributed by atoms with Gasteiger partial charge in [0.05, 0.1) is 7.11 Å². The van der Waals surface area contributed by atoms with E-state index in [1.807, 2.05) is 24.3 Å². The van der Waals surface area contributed by atoms with Crippen molar-refractivity contribution in [1.82, 2.24) is 20.6 Å². The molecule has 2 aromatic carbocycles. The average molecular weight is 404 g/mol. The fourth-order valence-electron chi connectivity index (χ4n) is 2.36. The van der Waals surface area contributed by atoms with E-state index in [2.05, 4.69) is 60.9 Å². The van der Waals surface area contributed by atoms with Crippen LogP contribution in [-0.2, 0) is 13.2 Å². The van der Waals surface area contributed by atoms with Crippen LogP contribution in [0.25, 0.3) is 0 Å². The Morgan fingerprint density at radius 3 is 2.80 bits per heavy atom. The first-order valence-electron chi connectivity index (χ1n) is 7.68. The minimum Gasteiger partial charge on any atom is -0.493 e. The molecule has 0 aliphatic carbocycles. The highest BCUT2D eigenvalue weighted by Crippen LogP contribution is 2.34. The van der Waals surface area contributed by atoms with Crippen molar-refractivity contribution in [3.8, 4) is 11.5 Å². The second-order valence-corrected chi connectivity index (χ2v) is 6.32. The monoisotopic (exact) mass is 403 g/mol. The van der Waals surface area contributed by atoms with E-state index >= 15 is 0 Å². The van der Waals surface area contributed by atoms with Crippen LogP contribution in [-0.4, -0.2) is 27.7 Å². The van der Waals surface area contributed by atoms with E-state index in [0.29, 0.717) is 30.6 Å². The molecule has 8 heteroatoms. The summed E-state index contributed by atoms with van der Waals surface area (Å²) in [5.41, 5.74) is 3.31. The van der Waals surface area contributed by atoms with E-state index in [9.17, 15) is 0 Å². The number of benzene rings is 2. The topological polar surface area (TPSA) is 85.0 Å². The first-order chi connectivity index (χ1) is 12.2. The third-order valence-electron chi connectivity index (χ3n) is 3.59. The smallest absolute Gasteiger partial charge is 0.263 e. The molecule has 0 aliphatic heterocycles. The Balaban J connectivity index is 1.72. The van der Waals surface area contributed by atoms with E-state index < -0.39 is 0 Å². The van der Waals surface area contributed by atoms with Crippen molar-refractivity contribution in [2.45, 2.75) is 20.1 Å². The summed E-state index contributed by atoms with van der Waals surface area (Å²) in [7, 11) is 1.62. The van der Waals surface area contributed by atoms with Gasteiger partial charge in [0.15, 0.2) is 11.5 Å². The molecule has 0 atom stereocenters. The number of hydrogen-bond acceptors (Lipinski definition) is 6. The summed E-state index contributed by atoms with van der Waals surface area (Å²) < 4.78 is 12.3. The third-order valence-corrected chi connectivity index (χ3v) is 4.33. The summed E-state index contributed by atoms with van der Waals surface area (Å²) in [5, 5.41) is 16.7. The van der Waals surface area contributed by atoms with Crippen LogP contribution in [0.15, 0.2) is 40.9 Å². The first-order valence-corrected chi connectivity index (χ1v) is 8.47. The second kappa shape index (κ2) is 7.98. The number of nitrogens with one attached hydrogen (secondary N) is 2. The van der Waals surface area contributed by atoms with Crippen molar-refractivity contribution in [2.75, 3.05) is 12.4 Å². The minimum absolute atomic E-state index is 0.436. The van der Waals surface area contributed by atoms with E-state index in [-0.39, 0.29) is 0 Å². The predicted octanol–water partition coefficient (Wildman–Crippen LogP) is 3.47. The number of methoxy groups -OCH3 is 1. The minimum atomic E-state index is 0.436. The molecule has 0 amide bonds. The lowest BCUT2D eigenvalue weighted by molar-refractivity contribution is 0.284. The van der Waals surface area contributed by atoms with Crippen molar-refractivity contribution in [3.05, 3.63) is 57.6 Å². The van der Waals surface area contributed by atoms with E-state index in [4.69, 9.17) is 9.47 Å². The summed E-state index contributed by atoms with van der Waals surface area (Å²) >= 11 is 3.57. The summed E-state index contributed by atoms with van der Waals surface area (Å²) in [5.74, 6) is 1.78. The molecule has 3 aromatic rings. The van der Waals surface area contributed by atoms with Gasteiger partial charge in [-0.15, -0.1) is 5.10 Å². The number of rotatable bonds is 7. The molecule has 1 aromatic heterocycles. The maximum atomic E-state index is 5.94. The number of ether oxygens (including phenoxy) is 2. The van der Waals surface area contributed by atoms with Gasteiger partial charge in [-0.05, 0) is 35.4 Å². The molecule has 0 saturated heterocycles. The van der Waals surface area contributed by atoms with Gasteiger partial charge in [0, 0.05) is 11.0 Å². The summed E-state index contributed by atoms with van der Waals surface area (Å²) in [6.07, 6.45) is 0. The number of H-pyrrole nitrogens is 1. The van der Waals surface area contributed by atoms with Crippen LogP contribution in [0.2, 0.25) is 0 Å². The van der Waals surface area contributed by atoms with Gasteiger partial charge in [-0.2, -0.15) is 5.21 Å². The molecule has 130 valence electrons. The maximum absolute atomic E-state index is 5.94. The molecule has 25 heavy (non-hydrogen) atoms. The average Bonchev–Trinajstić information content (AvgIpc) is 3.12. The van der Waals surface area contributed by atoms with Crippen LogP contribution in [0.1, 0.15) is 16.7 Å². The van der Waals surface area contributed by atoms with Crippen LogP contribution in [0.4, 0.5) is 5.95 Å². The zero-order valence-electron chi connectivity index (χ0n) is 13.9. The Bertz CT molecular complexity index is 839. The number of aromatic amines is 1. The standard InChI is InChI=1S/C17H18BrN5O2/c1-11-4-3-5-12(6-11)10-25-16-8-14(18)13(7-15(16)24-2)9-19-17-20-22-23-21-17/h3-8H,9-10H2,1-2H3,(H2,19,20,21,22,23). The van der Waals surface area contributed by atoms with Gasteiger partial charge in [0.2, 0.25) is 0 Å². The Morgan fingerprint density at radius 2 is 2.08 bits per heavy atom. The third kappa shape index (κ3) is 4.48. The van der Waals surface area contributed by atoms with Gasteiger partial charge in [0.25, 0.3) is 5.95 Å². The van der Waals surface area contributed by atoms with Gasteiger partial charge in [-0.3, -0.25) is 0 Å². The Hall–Kier alpha value is -2.61. The van der Waals surface area contributed by atoms with Gasteiger partial charge < -0.3 is 14.8 Å². The molecule has 1 heterocycles. The lowest BCUT2D eigenvalue weighted by atomic mass is 10.1. The highest BCUT2D eigenvalue weighted by molar-refractivity contribution is 9.10. The molecule has 0 aliphatic rings. The highest BCUT2D eigenvalue weighted by Gasteiger charge is 2.11. The molecule has 7 nitrogen and oxygen atoms in total. The lowest BCUT2D eigenvalue weighted by Gasteiger charge is -2.14. The van der Waals surface area contributed by atoms with Gasteiger partial charge in [0.1, 0.15) is 6.61 Å². The van der Waals surface area contributed by atoms with Crippen molar-refractivity contribution >= 4 is 21.9 Å². The molecule has 3 rings (SSSR count). The van der Waals surface area contributed by atoms with E-state index in [0.717, 1.165) is 15.6 Å². The lowest BCUT2D eigenvalue weighted by Crippen LogP contribution is -2.04. The molecule has 0 unspecified atom stereocenters. The van der Waals surface area contributed by atoms with Gasteiger partial charge >= 0.3 is 0 Å². The molecule has 0 saturated carbocycles. The first kappa shape index (κ1) is 17.2. The predicted molar refractivity (Wildman–Crippen MR) is 97.7 cm³/mol. The largest absolute Gasteiger partial charge is 0.493 e. The Kier molecular flexibility index (Phi) is 5.49. The SMILES string of the molecule is COc1cc(CNc2nn[nH]n2)c(Br)cc1OCc1cccc(C)c1. The van der Waals surface area contributed by atoms with Crippen LogP contribution in [0, 0.1) is 6.92 Å². The van der Waals surface area contributed by atoms with Gasteiger partial charge in [-0.1, -0.05) is 50.9 Å². The summed E-state index contributed by atoms with van der Waals surface area (Å²) in [4.78, 5) is 0. The number of aromatic nitrogens is 4. The fraction of sp³-hybridized carbons (Fsp3) is 0.235. The van der Waals surface area contributed by atoms with Crippen LogP contribution >= 0.6 is 15.9 Å². The van der Waals surface area contributed by atoms with Crippen LogP contribution < -0.4 is 14.8 Å². The molecular weight excluding hydrogens is 386 g/mol.